The molecular weight excluding hydrogens is 292 g/mol. The average molecular weight is 311 g/mol. The first kappa shape index (κ1) is 15.8. The number of non-ortho nitro benzene ring substituents is 1. The molecule has 1 aromatic carbocycles. The summed E-state index contributed by atoms with van der Waals surface area (Å²) < 4.78 is 0. The molecule has 2 rings (SSSR count). The zero-order valence-electron chi connectivity index (χ0n) is 11.8. The molecule has 1 N–H and O–H groups in total. The van der Waals surface area contributed by atoms with Crippen LogP contribution in [0.1, 0.15) is 42.5 Å². The first-order chi connectivity index (χ1) is 10.1. The summed E-state index contributed by atoms with van der Waals surface area (Å²) in [6.07, 6.45) is 5.54. The zero-order valence-corrected chi connectivity index (χ0v) is 12.6. The number of nitrogens with one attached hydrogen (secondary N) is 1. The van der Waals surface area contributed by atoms with Gasteiger partial charge in [-0.2, -0.15) is 0 Å². The fraction of sp³-hybridized carbons (Fsp3) is 0.533. The van der Waals surface area contributed by atoms with E-state index < -0.39 is 4.92 Å². The second-order valence-corrected chi connectivity index (χ2v) is 5.95. The van der Waals surface area contributed by atoms with Crippen LogP contribution in [-0.2, 0) is 0 Å². The lowest BCUT2D eigenvalue weighted by Crippen LogP contribution is -2.40. The van der Waals surface area contributed by atoms with Gasteiger partial charge in [0.05, 0.1) is 4.92 Å². The molecule has 1 aliphatic rings. The van der Waals surface area contributed by atoms with E-state index in [4.69, 9.17) is 11.6 Å². The molecule has 0 atom stereocenters. The molecule has 0 bridgehead atoms. The lowest BCUT2D eigenvalue weighted by Gasteiger charge is -2.35. The highest BCUT2D eigenvalue weighted by Crippen LogP contribution is 2.36. The van der Waals surface area contributed by atoms with Crippen molar-refractivity contribution in [3.05, 3.63) is 39.9 Å². The number of hydrogen-bond donors (Lipinski definition) is 1. The Balaban J connectivity index is 2.01. The molecule has 1 aliphatic carbocycles. The molecule has 0 aromatic heterocycles. The third-order valence-corrected chi connectivity index (χ3v) is 4.71. The maximum Gasteiger partial charge on any atom is 0.270 e. The van der Waals surface area contributed by atoms with Crippen molar-refractivity contribution in [3.8, 4) is 0 Å². The number of carbonyl (C=O) groups excluding carboxylic acids is 1. The minimum absolute atomic E-state index is 0.0316. The van der Waals surface area contributed by atoms with E-state index in [0.29, 0.717) is 18.0 Å². The van der Waals surface area contributed by atoms with Gasteiger partial charge in [-0.25, -0.2) is 0 Å². The third-order valence-electron chi connectivity index (χ3n) is 4.14. The topological polar surface area (TPSA) is 72.2 Å². The van der Waals surface area contributed by atoms with Gasteiger partial charge >= 0.3 is 0 Å². The normalized spacial score (nSPS) is 17.2. The molecule has 0 spiro atoms. The van der Waals surface area contributed by atoms with Gasteiger partial charge in [-0.05, 0) is 18.9 Å². The van der Waals surface area contributed by atoms with Gasteiger partial charge in [-0.3, -0.25) is 14.9 Å². The summed E-state index contributed by atoms with van der Waals surface area (Å²) in [6, 6.07) is 5.77. The summed E-state index contributed by atoms with van der Waals surface area (Å²) >= 11 is 6.09. The van der Waals surface area contributed by atoms with Gasteiger partial charge in [0, 0.05) is 35.5 Å². The largest absolute Gasteiger partial charge is 0.351 e. The zero-order chi connectivity index (χ0) is 15.3. The number of alkyl halides is 1. The molecule has 0 unspecified atom stereocenters. The predicted molar refractivity (Wildman–Crippen MR) is 81.7 cm³/mol. The van der Waals surface area contributed by atoms with Crippen molar-refractivity contribution < 1.29 is 9.72 Å². The van der Waals surface area contributed by atoms with Gasteiger partial charge in [0.25, 0.3) is 11.6 Å². The number of nitro groups is 1. The smallest absolute Gasteiger partial charge is 0.270 e. The second kappa shape index (κ2) is 6.89. The third kappa shape index (κ3) is 3.94. The quantitative estimate of drug-likeness (QED) is 0.514. The Kier molecular flexibility index (Phi) is 5.17. The minimum atomic E-state index is -0.502. The molecule has 1 amide bonds. The molecule has 1 saturated carbocycles. The summed E-state index contributed by atoms with van der Waals surface area (Å²) in [5.41, 5.74) is 0.202. The van der Waals surface area contributed by atoms with Crippen LogP contribution in [0.4, 0.5) is 5.69 Å². The van der Waals surface area contributed by atoms with Crippen molar-refractivity contribution in [1.82, 2.24) is 5.32 Å². The number of nitrogens with zero attached hydrogens (tertiary/aromatic N) is 1. The van der Waals surface area contributed by atoms with Gasteiger partial charge in [0.15, 0.2) is 0 Å². The van der Waals surface area contributed by atoms with Crippen molar-refractivity contribution in [3.63, 3.8) is 0 Å². The maximum absolute atomic E-state index is 12.1. The first-order valence-corrected chi connectivity index (χ1v) is 7.68. The van der Waals surface area contributed by atoms with Crippen molar-refractivity contribution in [2.75, 3.05) is 12.4 Å². The lowest BCUT2D eigenvalue weighted by molar-refractivity contribution is -0.384. The number of halogens is 1. The van der Waals surface area contributed by atoms with E-state index in [1.807, 2.05) is 0 Å². The fourth-order valence-electron chi connectivity index (χ4n) is 2.79. The van der Waals surface area contributed by atoms with Crippen LogP contribution < -0.4 is 5.32 Å². The van der Waals surface area contributed by atoms with E-state index in [0.717, 1.165) is 25.7 Å². The van der Waals surface area contributed by atoms with Crippen molar-refractivity contribution in [1.29, 1.82) is 0 Å². The predicted octanol–water partition coefficient (Wildman–Crippen LogP) is 3.51. The van der Waals surface area contributed by atoms with E-state index in [9.17, 15) is 14.9 Å². The van der Waals surface area contributed by atoms with Crippen LogP contribution >= 0.6 is 11.6 Å². The van der Waals surface area contributed by atoms with E-state index in [1.165, 1.54) is 24.6 Å². The Bertz CT molecular complexity index is 527. The first-order valence-electron chi connectivity index (χ1n) is 7.15. The second-order valence-electron chi connectivity index (χ2n) is 5.68. The Morgan fingerprint density at radius 2 is 2.05 bits per heavy atom. The van der Waals surface area contributed by atoms with Crippen LogP contribution in [0.5, 0.6) is 0 Å². The maximum atomic E-state index is 12.1. The molecule has 0 radical (unpaired) electrons. The van der Waals surface area contributed by atoms with Crippen molar-refractivity contribution in [2.45, 2.75) is 32.1 Å². The van der Waals surface area contributed by atoms with Crippen LogP contribution in [0.2, 0.25) is 0 Å². The summed E-state index contributed by atoms with van der Waals surface area (Å²) in [7, 11) is 0. The number of hydrogen-bond acceptors (Lipinski definition) is 3. The molecule has 1 aromatic rings. The molecule has 0 heterocycles. The average Bonchev–Trinajstić information content (AvgIpc) is 2.53. The van der Waals surface area contributed by atoms with Crippen molar-refractivity contribution >= 4 is 23.2 Å². The molecule has 21 heavy (non-hydrogen) atoms. The van der Waals surface area contributed by atoms with Gasteiger partial charge in [0.2, 0.25) is 0 Å². The van der Waals surface area contributed by atoms with Crippen LogP contribution in [0.15, 0.2) is 24.3 Å². The van der Waals surface area contributed by atoms with Crippen LogP contribution in [0, 0.1) is 15.5 Å². The highest BCUT2D eigenvalue weighted by atomic mass is 35.5. The number of benzene rings is 1. The molecule has 1 fully saturated rings. The van der Waals surface area contributed by atoms with Crippen LogP contribution in [0.3, 0.4) is 0 Å². The van der Waals surface area contributed by atoms with Gasteiger partial charge in [0.1, 0.15) is 0 Å². The van der Waals surface area contributed by atoms with E-state index >= 15 is 0 Å². The fourth-order valence-corrected chi connectivity index (χ4v) is 3.15. The summed E-state index contributed by atoms with van der Waals surface area (Å²) in [6.45, 7) is 0.526. The SMILES string of the molecule is O=C(NCC1(CCl)CCCCC1)c1cccc([N+](=O)[O-])c1. The Hall–Kier alpha value is -1.62. The molecule has 6 heteroatoms. The highest BCUT2D eigenvalue weighted by Gasteiger charge is 2.31. The Morgan fingerprint density at radius 1 is 1.33 bits per heavy atom. The summed E-state index contributed by atoms with van der Waals surface area (Å²) in [4.78, 5) is 22.4. The Labute approximate surface area is 128 Å². The van der Waals surface area contributed by atoms with Gasteiger partial charge in [-0.15, -0.1) is 11.6 Å². The number of rotatable bonds is 5. The van der Waals surface area contributed by atoms with E-state index in [-0.39, 0.29) is 17.0 Å². The molecular formula is C15H19ClN2O3. The number of carbonyl (C=O) groups is 1. The monoisotopic (exact) mass is 310 g/mol. The minimum Gasteiger partial charge on any atom is -0.351 e. The molecule has 114 valence electrons. The van der Waals surface area contributed by atoms with Crippen molar-refractivity contribution in [2.24, 2.45) is 5.41 Å². The van der Waals surface area contributed by atoms with Crippen LogP contribution in [-0.4, -0.2) is 23.3 Å². The Morgan fingerprint density at radius 3 is 2.67 bits per heavy atom. The van der Waals surface area contributed by atoms with Crippen LogP contribution in [0.25, 0.3) is 0 Å². The standard InChI is InChI=1S/C15H19ClN2O3/c16-10-15(7-2-1-3-8-15)11-17-14(19)12-5-4-6-13(9-12)18(20)21/h4-6,9H,1-3,7-8,10-11H2,(H,17,19). The van der Waals surface area contributed by atoms with Gasteiger partial charge < -0.3 is 5.32 Å². The van der Waals surface area contributed by atoms with E-state index in [1.54, 1.807) is 6.07 Å². The summed E-state index contributed by atoms with van der Waals surface area (Å²) in [5.74, 6) is 0.246. The number of nitro benzene ring substituents is 1. The highest BCUT2D eigenvalue weighted by molar-refractivity contribution is 6.18. The number of amides is 1. The molecule has 0 saturated heterocycles. The summed E-state index contributed by atoms with van der Waals surface area (Å²) in [5, 5.41) is 13.6. The van der Waals surface area contributed by atoms with Gasteiger partial charge in [-0.1, -0.05) is 25.3 Å². The van der Waals surface area contributed by atoms with E-state index in [2.05, 4.69) is 5.32 Å². The molecule has 0 aliphatic heterocycles. The molecule has 5 nitrogen and oxygen atoms in total. The lowest BCUT2D eigenvalue weighted by atomic mass is 9.75.